The monoisotopic (exact) mass is 627 g/mol. The van der Waals surface area contributed by atoms with Crippen LogP contribution < -0.4 is 5.32 Å². The Balaban J connectivity index is 1.43. The summed E-state index contributed by atoms with van der Waals surface area (Å²) in [5.74, 6) is 0.194. The number of aromatic nitrogens is 3. The van der Waals surface area contributed by atoms with Crippen LogP contribution in [-0.2, 0) is 14.3 Å². The van der Waals surface area contributed by atoms with E-state index in [1.807, 2.05) is 42.7 Å². The van der Waals surface area contributed by atoms with Crippen molar-refractivity contribution in [3.8, 4) is 5.69 Å². The summed E-state index contributed by atoms with van der Waals surface area (Å²) in [6.45, 7) is 7.14. The fraction of sp³-hybridized carbons (Fsp3) is 0.414. The maximum atomic E-state index is 13.0. The van der Waals surface area contributed by atoms with Crippen LogP contribution in [0.4, 0.5) is 4.79 Å². The number of amides is 1. The van der Waals surface area contributed by atoms with Crippen molar-refractivity contribution in [1.82, 2.24) is 19.9 Å². The summed E-state index contributed by atoms with van der Waals surface area (Å²) in [6.07, 6.45) is 5.97. The van der Waals surface area contributed by atoms with Crippen LogP contribution in [0.1, 0.15) is 80.3 Å². The molecule has 40 heavy (non-hydrogen) atoms. The molecule has 2 aliphatic rings. The highest BCUT2D eigenvalue weighted by Crippen LogP contribution is 2.40. The maximum absolute atomic E-state index is 13.0. The van der Waals surface area contributed by atoms with E-state index in [2.05, 4.69) is 26.2 Å². The van der Waals surface area contributed by atoms with E-state index in [1.165, 1.54) is 0 Å². The van der Waals surface area contributed by atoms with Crippen molar-refractivity contribution in [3.63, 3.8) is 0 Å². The molecule has 1 atom stereocenters. The van der Waals surface area contributed by atoms with Gasteiger partial charge in [-0.3, -0.25) is 24.7 Å². The highest BCUT2D eigenvalue weighted by Gasteiger charge is 2.32. The molecule has 0 spiro atoms. The number of rotatable bonds is 7. The lowest BCUT2D eigenvalue weighted by atomic mass is 9.96. The lowest BCUT2D eigenvalue weighted by Gasteiger charge is -2.30. The Morgan fingerprint density at radius 1 is 1.23 bits per heavy atom. The van der Waals surface area contributed by atoms with E-state index in [0.29, 0.717) is 28.7 Å². The molecule has 0 bridgehead atoms. The first kappa shape index (κ1) is 28.3. The molecule has 9 nitrogen and oxygen atoms in total. The highest BCUT2D eigenvalue weighted by molar-refractivity contribution is 9.10. The Labute approximate surface area is 246 Å². The zero-order valence-corrected chi connectivity index (χ0v) is 25.2. The summed E-state index contributed by atoms with van der Waals surface area (Å²) >= 11 is 10.6. The second-order valence-corrected chi connectivity index (χ2v) is 11.8. The molecule has 1 aliphatic heterocycles. The number of halogens is 2. The van der Waals surface area contributed by atoms with Gasteiger partial charge in [-0.25, -0.2) is 9.78 Å². The molecule has 210 valence electrons. The first-order chi connectivity index (χ1) is 19.0. The number of aryl methyl sites for hydroxylation is 1. The number of nitrogens with one attached hydrogen (secondary N) is 1. The minimum atomic E-state index is -1.23. The van der Waals surface area contributed by atoms with Gasteiger partial charge in [-0.05, 0) is 77.1 Å². The highest BCUT2D eigenvalue weighted by atomic mass is 79.9. The molecule has 1 aromatic carbocycles. The van der Waals surface area contributed by atoms with Gasteiger partial charge in [0.15, 0.2) is 5.72 Å². The van der Waals surface area contributed by atoms with Crippen LogP contribution in [0.3, 0.4) is 0 Å². The Kier molecular flexibility index (Phi) is 8.01. The smallest absolute Gasteiger partial charge is 0.410 e. The summed E-state index contributed by atoms with van der Waals surface area (Å²) in [6, 6.07) is 7.16. The number of hydrogen-bond acceptors (Lipinski definition) is 7. The van der Waals surface area contributed by atoms with Crippen LogP contribution in [0.25, 0.3) is 5.69 Å². The summed E-state index contributed by atoms with van der Waals surface area (Å²) in [5, 5.41) is 3.22. The van der Waals surface area contributed by atoms with Gasteiger partial charge in [0.25, 0.3) is 0 Å². The van der Waals surface area contributed by atoms with Crippen LogP contribution in [0.2, 0.25) is 5.02 Å². The van der Waals surface area contributed by atoms with E-state index < -0.39 is 23.8 Å². The average molecular weight is 629 g/mol. The largest absolute Gasteiger partial charge is 0.446 e. The Bertz CT molecular complexity index is 1480. The fourth-order valence-corrected chi connectivity index (χ4v) is 5.63. The van der Waals surface area contributed by atoms with E-state index in [-0.39, 0.29) is 12.5 Å². The summed E-state index contributed by atoms with van der Waals surface area (Å²) in [7, 11) is 0. The van der Waals surface area contributed by atoms with Gasteiger partial charge < -0.3 is 9.47 Å². The number of hydrogen-bond donors (Lipinski definition) is 1. The average Bonchev–Trinajstić information content (AvgIpc) is 3.18. The van der Waals surface area contributed by atoms with Gasteiger partial charge >= 0.3 is 12.1 Å². The molecule has 1 N–H and O–H groups in total. The Morgan fingerprint density at radius 3 is 2.67 bits per heavy atom. The Morgan fingerprint density at radius 2 is 2.00 bits per heavy atom. The standard InChI is InChI=1S/C29H31BrClN5O4/c1-16-15-33-27-22(11-12-23(37)40-29(3,4)35-28(38)39-18-8-7-9-18)34-25(21-10-5-6-13-32-21)19-14-20(30)17(2)24(31)26(19)36(16)27/h5-6,10,13-15,18,22H,7-9,11-12H2,1-4H3,(H,35,38)/t22-/m0/s1. The number of ether oxygens (including phenoxy) is 2. The third kappa shape index (κ3) is 5.78. The topological polar surface area (TPSA) is 108 Å². The van der Waals surface area contributed by atoms with Gasteiger partial charge in [-0.15, -0.1) is 0 Å². The number of benzene rings is 1. The van der Waals surface area contributed by atoms with Crippen LogP contribution in [0.15, 0.2) is 46.1 Å². The predicted molar refractivity (Wildman–Crippen MR) is 155 cm³/mol. The first-order valence-electron chi connectivity index (χ1n) is 13.3. The van der Waals surface area contributed by atoms with Crippen LogP contribution >= 0.6 is 27.5 Å². The van der Waals surface area contributed by atoms with Crippen LogP contribution in [0, 0.1) is 13.8 Å². The molecule has 3 heterocycles. The lowest BCUT2D eigenvalue weighted by molar-refractivity contribution is -0.159. The second kappa shape index (κ2) is 11.3. The molecule has 5 rings (SSSR count). The van der Waals surface area contributed by atoms with Crippen LogP contribution in [0.5, 0.6) is 0 Å². The van der Waals surface area contributed by atoms with Gasteiger partial charge in [0, 0.05) is 34.5 Å². The van der Waals surface area contributed by atoms with E-state index in [0.717, 1.165) is 46.2 Å². The molecule has 1 saturated carbocycles. The normalized spacial score (nSPS) is 16.6. The van der Waals surface area contributed by atoms with Crippen molar-refractivity contribution in [1.29, 1.82) is 0 Å². The number of carbonyl (C=O) groups excluding carboxylic acids is 2. The number of fused-ring (bicyclic) bond motifs is 3. The molecule has 0 radical (unpaired) electrons. The van der Waals surface area contributed by atoms with Crippen molar-refractivity contribution in [2.45, 2.75) is 77.7 Å². The zero-order chi connectivity index (χ0) is 28.6. The molecule has 1 aliphatic carbocycles. The van der Waals surface area contributed by atoms with E-state index >= 15 is 0 Å². The fourth-order valence-electron chi connectivity index (χ4n) is 4.80. The molecule has 3 aromatic rings. The van der Waals surface area contributed by atoms with E-state index in [1.54, 1.807) is 26.2 Å². The van der Waals surface area contributed by atoms with Crippen molar-refractivity contribution < 1.29 is 19.1 Å². The van der Waals surface area contributed by atoms with E-state index in [9.17, 15) is 9.59 Å². The minimum Gasteiger partial charge on any atom is -0.446 e. The molecule has 1 amide bonds. The molecule has 0 saturated heterocycles. The minimum absolute atomic E-state index is 0.0468. The van der Waals surface area contributed by atoms with Crippen molar-refractivity contribution >= 4 is 45.3 Å². The molecular weight excluding hydrogens is 598 g/mol. The maximum Gasteiger partial charge on any atom is 0.410 e. The summed E-state index contributed by atoms with van der Waals surface area (Å²) < 4.78 is 13.8. The van der Waals surface area contributed by atoms with Crippen molar-refractivity contribution in [2.75, 3.05) is 0 Å². The predicted octanol–water partition coefficient (Wildman–Crippen LogP) is 6.53. The summed E-state index contributed by atoms with van der Waals surface area (Å²) in [4.78, 5) is 39.5. The quantitative estimate of drug-likeness (QED) is 0.236. The number of nitrogens with zero attached hydrogens (tertiary/aromatic N) is 4. The van der Waals surface area contributed by atoms with Crippen LogP contribution in [-0.4, -0.2) is 44.1 Å². The van der Waals surface area contributed by atoms with E-state index in [4.69, 9.17) is 31.1 Å². The SMILES string of the molecule is Cc1c(Br)cc2c(c1Cl)-n1c(C)cnc1[C@H](CCC(=O)OC(C)(C)NC(=O)OC1CCC1)N=C2c1ccccn1. The molecule has 1 fully saturated rings. The Hall–Kier alpha value is -3.24. The molecular formula is C29H31BrClN5O4. The zero-order valence-electron chi connectivity index (χ0n) is 22.8. The van der Waals surface area contributed by atoms with Crippen molar-refractivity contribution in [2.24, 2.45) is 4.99 Å². The van der Waals surface area contributed by atoms with Crippen molar-refractivity contribution in [3.05, 3.63) is 74.5 Å². The first-order valence-corrected chi connectivity index (χ1v) is 14.4. The summed E-state index contributed by atoms with van der Waals surface area (Å²) in [5.41, 5.74) is 3.48. The number of alkyl carbamates (subject to hydrolysis) is 1. The van der Waals surface area contributed by atoms with Gasteiger partial charge in [0.1, 0.15) is 18.0 Å². The third-order valence-electron chi connectivity index (χ3n) is 7.08. The molecule has 11 heteroatoms. The van der Waals surface area contributed by atoms with Gasteiger partial charge in [0.2, 0.25) is 0 Å². The number of imidazole rings is 1. The van der Waals surface area contributed by atoms with Gasteiger partial charge in [-0.2, -0.15) is 0 Å². The van der Waals surface area contributed by atoms with Gasteiger partial charge in [0.05, 0.1) is 22.1 Å². The number of pyridine rings is 1. The number of carbonyl (C=O) groups is 2. The second-order valence-electron chi connectivity index (χ2n) is 10.6. The third-order valence-corrected chi connectivity index (χ3v) is 8.36. The lowest BCUT2D eigenvalue weighted by Crippen LogP contribution is -2.48. The molecule has 0 unspecified atom stereocenters. The number of aliphatic imine (C=N–C) groups is 1. The molecule has 2 aromatic heterocycles. The number of esters is 1. The van der Waals surface area contributed by atoms with Gasteiger partial charge in [-0.1, -0.05) is 33.6 Å².